The van der Waals surface area contributed by atoms with E-state index < -0.39 is 10.1 Å². The molecule has 0 fully saturated rings. The fourth-order valence-electron chi connectivity index (χ4n) is 1.45. The first kappa shape index (κ1) is 13.5. The van der Waals surface area contributed by atoms with Gasteiger partial charge in [0.05, 0.1) is 12.8 Å². The van der Waals surface area contributed by atoms with Crippen LogP contribution in [0.1, 0.15) is 5.56 Å². The van der Waals surface area contributed by atoms with Gasteiger partial charge in [0.15, 0.2) is 0 Å². The minimum atomic E-state index is -3.54. The molecule has 1 aromatic carbocycles. The Hall–Kier alpha value is -0.950. The molecular weight excluding hydrogens is 294 g/mol. The van der Waals surface area contributed by atoms with Gasteiger partial charge in [0.2, 0.25) is 0 Å². The van der Waals surface area contributed by atoms with Crippen LogP contribution in [0.5, 0.6) is 0 Å². The summed E-state index contributed by atoms with van der Waals surface area (Å²) in [6.45, 7) is 0. The predicted molar refractivity (Wildman–Crippen MR) is 72.2 cm³/mol. The van der Waals surface area contributed by atoms with Crippen LogP contribution >= 0.6 is 23.1 Å². The molecule has 1 aromatic heterocycles. The topological polar surface area (TPSA) is 56.3 Å². The van der Waals surface area contributed by atoms with Crippen LogP contribution in [0.4, 0.5) is 0 Å². The Morgan fingerprint density at radius 1 is 1.33 bits per heavy atom. The first-order valence-corrected chi connectivity index (χ1v) is 7.78. The Kier molecular flexibility index (Phi) is 4.01. The molecule has 96 valence electrons. The van der Waals surface area contributed by atoms with Crippen LogP contribution in [0.25, 0.3) is 11.3 Å². The molecule has 0 N–H and O–H groups in total. The van der Waals surface area contributed by atoms with Gasteiger partial charge in [-0.3, -0.25) is 4.18 Å². The van der Waals surface area contributed by atoms with Gasteiger partial charge in [0.1, 0.15) is 5.75 Å². The van der Waals surface area contributed by atoms with Crippen molar-refractivity contribution in [1.82, 2.24) is 4.37 Å². The van der Waals surface area contributed by atoms with Gasteiger partial charge in [-0.25, -0.2) is 0 Å². The summed E-state index contributed by atoms with van der Waals surface area (Å²) in [6.07, 6.45) is 0. The normalized spacial score (nSPS) is 11.7. The van der Waals surface area contributed by atoms with E-state index in [2.05, 4.69) is 8.56 Å². The third-order valence-electron chi connectivity index (χ3n) is 2.35. The van der Waals surface area contributed by atoms with Crippen molar-refractivity contribution in [3.05, 3.63) is 40.2 Å². The maximum atomic E-state index is 11.4. The highest BCUT2D eigenvalue weighted by atomic mass is 35.5. The zero-order valence-corrected chi connectivity index (χ0v) is 11.8. The van der Waals surface area contributed by atoms with Gasteiger partial charge in [-0.15, -0.1) is 0 Å². The molecule has 0 saturated heterocycles. The van der Waals surface area contributed by atoms with Crippen LogP contribution < -0.4 is 0 Å². The van der Waals surface area contributed by atoms with Crippen molar-refractivity contribution in [1.29, 1.82) is 0 Å². The van der Waals surface area contributed by atoms with E-state index in [1.54, 1.807) is 29.6 Å². The van der Waals surface area contributed by atoms with E-state index in [4.69, 9.17) is 11.6 Å². The Morgan fingerprint density at radius 2 is 2.00 bits per heavy atom. The molecule has 0 aliphatic heterocycles. The van der Waals surface area contributed by atoms with Gasteiger partial charge < -0.3 is 0 Å². The van der Waals surface area contributed by atoms with Crippen molar-refractivity contribution in [2.24, 2.45) is 0 Å². The van der Waals surface area contributed by atoms with Gasteiger partial charge in [-0.2, -0.15) is 12.8 Å². The lowest BCUT2D eigenvalue weighted by molar-refractivity contribution is 0.397. The smallest absolute Gasteiger partial charge is 0.271 e. The lowest BCUT2D eigenvalue weighted by Crippen LogP contribution is -2.05. The Morgan fingerprint density at radius 3 is 2.61 bits per heavy atom. The molecule has 0 aliphatic rings. The van der Waals surface area contributed by atoms with E-state index in [0.717, 1.165) is 12.7 Å². The summed E-state index contributed by atoms with van der Waals surface area (Å²) in [7, 11) is -2.39. The standard InChI is InChI=1S/C11H10ClNO3S2/c1-16-18(14,15)7-9-6-17-13-11(9)8-2-4-10(12)5-3-8/h2-6H,7H2,1H3. The van der Waals surface area contributed by atoms with E-state index in [-0.39, 0.29) is 5.75 Å². The van der Waals surface area contributed by atoms with Crippen LogP contribution in [0, 0.1) is 0 Å². The molecule has 0 atom stereocenters. The number of hydrogen-bond acceptors (Lipinski definition) is 5. The third kappa shape index (κ3) is 3.08. The maximum Gasteiger partial charge on any atom is 0.271 e. The number of rotatable bonds is 4. The number of halogens is 1. The fourth-order valence-corrected chi connectivity index (χ4v) is 3.11. The summed E-state index contributed by atoms with van der Waals surface area (Å²) in [6, 6.07) is 7.09. The second-order valence-electron chi connectivity index (χ2n) is 3.56. The maximum absolute atomic E-state index is 11.4. The summed E-state index contributed by atoms with van der Waals surface area (Å²) in [5.41, 5.74) is 2.11. The Bertz CT molecular complexity index is 635. The molecule has 1 heterocycles. The monoisotopic (exact) mass is 303 g/mol. The summed E-state index contributed by atoms with van der Waals surface area (Å²) < 4.78 is 31.5. The van der Waals surface area contributed by atoms with E-state index in [1.807, 2.05) is 0 Å². The Balaban J connectivity index is 2.36. The highest BCUT2D eigenvalue weighted by molar-refractivity contribution is 7.85. The van der Waals surface area contributed by atoms with Gasteiger partial charge in [-0.05, 0) is 23.7 Å². The van der Waals surface area contributed by atoms with Crippen molar-refractivity contribution in [3.8, 4) is 11.3 Å². The van der Waals surface area contributed by atoms with Crippen LogP contribution in [-0.2, 0) is 20.1 Å². The first-order valence-electron chi connectivity index (χ1n) is 4.99. The van der Waals surface area contributed by atoms with E-state index in [9.17, 15) is 8.42 Å². The van der Waals surface area contributed by atoms with Crippen molar-refractivity contribution in [2.45, 2.75) is 5.75 Å². The molecule has 4 nitrogen and oxygen atoms in total. The largest absolute Gasteiger partial charge is 0.273 e. The molecule has 0 amide bonds. The quantitative estimate of drug-likeness (QED) is 0.815. The van der Waals surface area contributed by atoms with Gasteiger partial charge in [-0.1, -0.05) is 23.7 Å². The molecule has 2 rings (SSSR count). The minimum absolute atomic E-state index is 0.183. The highest BCUT2D eigenvalue weighted by Gasteiger charge is 2.16. The average Bonchev–Trinajstić information content (AvgIpc) is 2.77. The number of hydrogen-bond donors (Lipinski definition) is 0. The van der Waals surface area contributed by atoms with E-state index >= 15 is 0 Å². The third-order valence-corrected chi connectivity index (χ3v) is 4.45. The SMILES string of the molecule is COS(=O)(=O)Cc1csnc1-c1ccc(Cl)cc1. The average molecular weight is 304 g/mol. The van der Waals surface area contributed by atoms with Crippen LogP contribution in [0.15, 0.2) is 29.6 Å². The minimum Gasteiger partial charge on any atom is -0.273 e. The van der Waals surface area contributed by atoms with Crippen molar-refractivity contribution < 1.29 is 12.6 Å². The highest BCUT2D eigenvalue weighted by Crippen LogP contribution is 2.27. The van der Waals surface area contributed by atoms with Crippen LogP contribution in [-0.4, -0.2) is 19.9 Å². The fraction of sp³-hybridized carbons (Fsp3) is 0.182. The second kappa shape index (κ2) is 5.36. The lowest BCUT2D eigenvalue weighted by atomic mass is 10.1. The van der Waals surface area contributed by atoms with Gasteiger partial charge in [0.25, 0.3) is 10.1 Å². The molecule has 7 heteroatoms. The molecule has 18 heavy (non-hydrogen) atoms. The lowest BCUT2D eigenvalue weighted by Gasteiger charge is -2.03. The summed E-state index contributed by atoms with van der Waals surface area (Å²) >= 11 is 7.02. The second-order valence-corrected chi connectivity index (χ2v) is 6.37. The van der Waals surface area contributed by atoms with E-state index in [1.165, 1.54) is 11.5 Å². The zero-order valence-electron chi connectivity index (χ0n) is 9.46. The van der Waals surface area contributed by atoms with Gasteiger partial charge >= 0.3 is 0 Å². The molecule has 0 spiro atoms. The molecule has 2 aromatic rings. The number of nitrogens with zero attached hydrogens (tertiary/aromatic N) is 1. The number of aromatic nitrogens is 1. The molecule has 0 aliphatic carbocycles. The van der Waals surface area contributed by atoms with E-state index in [0.29, 0.717) is 16.3 Å². The summed E-state index contributed by atoms with van der Waals surface area (Å²) in [5, 5.41) is 2.33. The first-order chi connectivity index (χ1) is 8.52. The van der Waals surface area contributed by atoms with Crippen molar-refractivity contribution in [2.75, 3.05) is 7.11 Å². The van der Waals surface area contributed by atoms with Crippen molar-refractivity contribution in [3.63, 3.8) is 0 Å². The summed E-state index contributed by atoms with van der Waals surface area (Å²) in [4.78, 5) is 0. The molecule has 0 saturated carbocycles. The predicted octanol–water partition coefficient (Wildman–Crippen LogP) is 2.94. The molecule has 0 radical (unpaired) electrons. The summed E-state index contributed by atoms with van der Waals surface area (Å²) in [5.74, 6) is -0.183. The van der Waals surface area contributed by atoms with Crippen LogP contribution in [0.3, 0.4) is 0 Å². The molecule has 0 unspecified atom stereocenters. The Labute approximate surface area is 114 Å². The van der Waals surface area contributed by atoms with Crippen LogP contribution in [0.2, 0.25) is 5.02 Å². The molecule has 0 bridgehead atoms. The molecular formula is C11H10ClNO3S2. The van der Waals surface area contributed by atoms with Crippen molar-refractivity contribution >= 4 is 33.3 Å². The zero-order chi connectivity index (χ0) is 13.2. The number of benzene rings is 1. The van der Waals surface area contributed by atoms with Gasteiger partial charge in [0, 0.05) is 21.5 Å².